The first kappa shape index (κ1) is 13.6. The van der Waals surface area contributed by atoms with E-state index in [0.29, 0.717) is 5.69 Å². The number of carbonyl (C=O) groups excluding carboxylic acids is 2. The maximum Gasteiger partial charge on any atom is 0.251 e. The molecule has 19 heavy (non-hydrogen) atoms. The van der Waals surface area contributed by atoms with Crippen LogP contribution in [0.1, 0.15) is 13.8 Å². The number of nitrogen functional groups attached to an aromatic ring is 1. The molecule has 0 radical (unpaired) electrons. The number of nitrogens with zero attached hydrogens (tertiary/aromatic N) is 1. The SMILES string of the molecule is CC1(C)C(=O)NC(=O)CN1c1cc(Cl)c(F)cc1N. The van der Waals surface area contributed by atoms with Crippen LogP contribution in [0.4, 0.5) is 15.8 Å². The van der Waals surface area contributed by atoms with Crippen LogP contribution < -0.4 is 16.0 Å². The topological polar surface area (TPSA) is 75.4 Å². The van der Waals surface area contributed by atoms with Crippen LogP contribution in [0.5, 0.6) is 0 Å². The van der Waals surface area contributed by atoms with E-state index in [1.54, 1.807) is 13.8 Å². The number of carbonyl (C=O) groups is 2. The molecule has 0 unspecified atom stereocenters. The van der Waals surface area contributed by atoms with E-state index in [4.69, 9.17) is 17.3 Å². The van der Waals surface area contributed by atoms with E-state index in [2.05, 4.69) is 5.32 Å². The Kier molecular flexibility index (Phi) is 3.14. The summed E-state index contributed by atoms with van der Waals surface area (Å²) in [5.74, 6) is -1.53. The zero-order valence-electron chi connectivity index (χ0n) is 10.5. The van der Waals surface area contributed by atoms with Gasteiger partial charge in [-0.25, -0.2) is 4.39 Å². The van der Waals surface area contributed by atoms with E-state index in [0.717, 1.165) is 6.07 Å². The number of nitrogens with two attached hydrogens (primary N) is 1. The highest BCUT2D eigenvalue weighted by molar-refractivity contribution is 6.31. The monoisotopic (exact) mass is 285 g/mol. The second kappa shape index (κ2) is 4.38. The molecule has 0 spiro atoms. The summed E-state index contributed by atoms with van der Waals surface area (Å²) >= 11 is 5.73. The summed E-state index contributed by atoms with van der Waals surface area (Å²) in [5.41, 5.74) is 5.25. The molecule has 1 aromatic rings. The number of amides is 2. The van der Waals surface area contributed by atoms with Gasteiger partial charge in [-0.2, -0.15) is 0 Å². The summed E-state index contributed by atoms with van der Waals surface area (Å²) in [4.78, 5) is 24.8. The Morgan fingerprint density at radius 3 is 2.68 bits per heavy atom. The predicted octanol–water partition coefficient (Wildman–Crippen LogP) is 1.30. The van der Waals surface area contributed by atoms with Crippen LogP contribution in [0.15, 0.2) is 12.1 Å². The first-order valence-electron chi connectivity index (χ1n) is 5.60. The van der Waals surface area contributed by atoms with E-state index in [-0.39, 0.29) is 17.3 Å². The van der Waals surface area contributed by atoms with Gasteiger partial charge in [0.25, 0.3) is 5.91 Å². The van der Waals surface area contributed by atoms with Crippen molar-refractivity contribution in [2.24, 2.45) is 0 Å². The van der Waals surface area contributed by atoms with Gasteiger partial charge in [0.15, 0.2) is 0 Å². The Labute approximate surface area is 114 Å². The van der Waals surface area contributed by atoms with Gasteiger partial charge in [-0.1, -0.05) is 11.6 Å². The van der Waals surface area contributed by atoms with Crippen molar-refractivity contribution in [1.82, 2.24) is 5.32 Å². The minimum atomic E-state index is -0.983. The average Bonchev–Trinajstić information content (AvgIpc) is 2.29. The first-order chi connectivity index (χ1) is 8.73. The maximum absolute atomic E-state index is 13.3. The highest BCUT2D eigenvalue weighted by atomic mass is 35.5. The van der Waals surface area contributed by atoms with Gasteiger partial charge in [-0.15, -0.1) is 0 Å². The third-order valence-corrected chi connectivity index (χ3v) is 3.44. The normalized spacial score (nSPS) is 18.4. The summed E-state index contributed by atoms with van der Waals surface area (Å²) in [6.07, 6.45) is 0. The molecule has 1 heterocycles. The number of halogens is 2. The molecule has 102 valence electrons. The molecule has 3 N–H and O–H groups in total. The standard InChI is InChI=1S/C12H13ClFN3O2/c1-12(2)11(19)16-10(18)5-17(12)9-3-6(13)7(14)4-8(9)15/h3-4H,5,15H2,1-2H3,(H,16,18,19). The van der Waals surface area contributed by atoms with Crippen LogP contribution >= 0.6 is 11.6 Å². The molecular formula is C12H13ClFN3O2. The van der Waals surface area contributed by atoms with Gasteiger partial charge in [0.05, 0.1) is 22.9 Å². The fraction of sp³-hybridized carbons (Fsp3) is 0.333. The number of imide groups is 1. The van der Waals surface area contributed by atoms with Gasteiger partial charge in [-0.05, 0) is 19.9 Å². The molecule has 1 aliphatic heterocycles. The number of benzene rings is 1. The second-order valence-corrected chi connectivity index (χ2v) is 5.25. The van der Waals surface area contributed by atoms with Crippen molar-refractivity contribution in [2.45, 2.75) is 19.4 Å². The lowest BCUT2D eigenvalue weighted by atomic mass is 9.97. The van der Waals surface area contributed by atoms with Crippen LogP contribution in [0.25, 0.3) is 0 Å². The van der Waals surface area contributed by atoms with E-state index >= 15 is 0 Å². The fourth-order valence-electron chi connectivity index (χ4n) is 1.95. The minimum absolute atomic E-state index is 0.0507. The summed E-state index contributed by atoms with van der Waals surface area (Å²) < 4.78 is 13.3. The number of anilines is 2. The van der Waals surface area contributed by atoms with Gasteiger partial charge in [0.1, 0.15) is 11.4 Å². The Hall–Kier alpha value is -1.82. The lowest BCUT2D eigenvalue weighted by Crippen LogP contribution is -2.64. The van der Waals surface area contributed by atoms with Crippen LogP contribution in [0.2, 0.25) is 5.02 Å². The summed E-state index contributed by atoms with van der Waals surface area (Å²) in [6.45, 7) is 3.24. The lowest BCUT2D eigenvalue weighted by Gasteiger charge is -2.42. The number of piperazine rings is 1. The van der Waals surface area contributed by atoms with Crippen LogP contribution in [0.3, 0.4) is 0 Å². The molecule has 2 rings (SSSR count). The van der Waals surface area contributed by atoms with Gasteiger partial charge in [0, 0.05) is 6.07 Å². The molecule has 7 heteroatoms. The van der Waals surface area contributed by atoms with Crippen molar-refractivity contribution in [3.05, 3.63) is 23.0 Å². The van der Waals surface area contributed by atoms with Crippen LogP contribution in [-0.4, -0.2) is 23.9 Å². The van der Waals surface area contributed by atoms with Crippen molar-refractivity contribution >= 4 is 34.8 Å². The third-order valence-electron chi connectivity index (χ3n) is 3.15. The molecule has 0 atom stereocenters. The van der Waals surface area contributed by atoms with E-state index in [1.165, 1.54) is 11.0 Å². The number of hydrogen-bond acceptors (Lipinski definition) is 4. The van der Waals surface area contributed by atoms with E-state index in [1.807, 2.05) is 0 Å². The summed E-state index contributed by atoms with van der Waals surface area (Å²) in [5, 5.41) is 2.13. The highest BCUT2D eigenvalue weighted by Crippen LogP contribution is 2.34. The third kappa shape index (κ3) is 2.23. The largest absolute Gasteiger partial charge is 0.397 e. The Morgan fingerprint density at radius 1 is 1.42 bits per heavy atom. The number of nitrogens with one attached hydrogen (secondary N) is 1. The first-order valence-corrected chi connectivity index (χ1v) is 5.97. The summed E-state index contributed by atoms with van der Waals surface area (Å²) in [6, 6.07) is 2.39. The second-order valence-electron chi connectivity index (χ2n) is 4.85. The zero-order chi connectivity index (χ0) is 14.4. The van der Waals surface area contributed by atoms with Crippen molar-refractivity contribution in [1.29, 1.82) is 0 Å². The predicted molar refractivity (Wildman–Crippen MR) is 70.4 cm³/mol. The van der Waals surface area contributed by atoms with Gasteiger partial charge in [0.2, 0.25) is 5.91 Å². The summed E-state index contributed by atoms with van der Waals surface area (Å²) in [7, 11) is 0. The molecular weight excluding hydrogens is 273 g/mol. The lowest BCUT2D eigenvalue weighted by molar-refractivity contribution is -0.135. The van der Waals surface area contributed by atoms with Gasteiger partial charge >= 0.3 is 0 Å². The smallest absolute Gasteiger partial charge is 0.251 e. The van der Waals surface area contributed by atoms with Crippen molar-refractivity contribution < 1.29 is 14.0 Å². The Bertz CT molecular complexity index is 574. The Balaban J connectivity index is 2.53. The zero-order valence-corrected chi connectivity index (χ0v) is 11.2. The van der Waals surface area contributed by atoms with Crippen LogP contribution in [-0.2, 0) is 9.59 Å². The average molecular weight is 286 g/mol. The maximum atomic E-state index is 13.3. The highest BCUT2D eigenvalue weighted by Gasteiger charge is 2.41. The molecule has 2 amide bonds. The van der Waals surface area contributed by atoms with Crippen LogP contribution in [0, 0.1) is 5.82 Å². The van der Waals surface area contributed by atoms with E-state index < -0.39 is 23.2 Å². The molecule has 1 aromatic carbocycles. The number of hydrogen-bond donors (Lipinski definition) is 2. The van der Waals surface area contributed by atoms with E-state index in [9.17, 15) is 14.0 Å². The molecule has 0 saturated carbocycles. The molecule has 1 saturated heterocycles. The minimum Gasteiger partial charge on any atom is -0.397 e. The van der Waals surface area contributed by atoms with Crippen molar-refractivity contribution in [2.75, 3.05) is 17.2 Å². The van der Waals surface area contributed by atoms with Crippen molar-refractivity contribution in [3.8, 4) is 0 Å². The fourth-order valence-corrected chi connectivity index (χ4v) is 2.11. The Morgan fingerprint density at radius 2 is 2.05 bits per heavy atom. The number of rotatable bonds is 1. The van der Waals surface area contributed by atoms with Gasteiger partial charge in [-0.3, -0.25) is 14.9 Å². The molecule has 0 bridgehead atoms. The quantitative estimate of drug-likeness (QED) is 0.602. The van der Waals surface area contributed by atoms with Crippen molar-refractivity contribution in [3.63, 3.8) is 0 Å². The molecule has 5 nitrogen and oxygen atoms in total. The molecule has 1 fully saturated rings. The van der Waals surface area contributed by atoms with Gasteiger partial charge < -0.3 is 10.6 Å². The molecule has 0 aromatic heterocycles. The molecule has 0 aliphatic carbocycles. The molecule has 1 aliphatic rings.